The summed E-state index contributed by atoms with van der Waals surface area (Å²) in [5, 5.41) is 2.50. The summed E-state index contributed by atoms with van der Waals surface area (Å²) in [6.07, 6.45) is -4.40. The molecule has 0 unspecified atom stereocenters. The van der Waals surface area contributed by atoms with E-state index in [-0.39, 0.29) is 11.8 Å². The molecule has 0 N–H and O–H groups in total. The molecule has 0 fully saturated rings. The van der Waals surface area contributed by atoms with Crippen LogP contribution in [0.15, 0.2) is 66.0 Å². The highest BCUT2D eigenvalue weighted by atomic mass is 32.1. The minimum atomic E-state index is -4.40. The molecule has 6 heteroatoms. The number of nitrogens with zero attached hydrogens (tertiary/aromatic N) is 2. The molecular weight excluding hydrogens is 453 g/mol. The van der Waals surface area contributed by atoms with Gasteiger partial charge in [-0.15, -0.1) is 11.3 Å². The van der Waals surface area contributed by atoms with Crippen molar-refractivity contribution < 1.29 is 13.2 Å². The van der Waals surface area contributed by atoms with E-state index in [0.29, 0.717) is 11.2 Å². The SMILES string of the molecule is CC(C)c1cccc(C(C)C)c1-n1c(-c2csc3ccc(C(F)(F)F)cc23)nc2ccccc21. The maximum absolute atomic E-state index is 13.5. The Bertz CT molecular complexity index is 1480. The van der Waals surface area contributed by atoms with Gasteiger partial charge < -0.3 is 0 Å². The monoisotopic (exact) mass is 478 g/mol. The van der Waals surface area contributed by atoms with Gasteiger partial charge in [0.1, 0.15) is 5.82 Å². The first-order valence-electron chi connectivity index (χ1n) is 11.4. The average Bonchev–Trinajstić information content (AvgIpc) is 3.38. The zero-order valence-corrected chi connectivity index (χ0v) is 20.3. The molecule has 2 nitrogen and oxygen atoms in total. The van der Waals surface area contributed by atoms with Crippen LogP contribution in [-0.2, 0) is 6.18 Å². The van der Waals surface area contributed by atoms with Crippen molar-refractivity contribution in [1.82, 2.24) is 9.55 Å². The van der Waals surface area contributed by atoms with E-state index in [0.717, 1.165) is 33.1 Å². The number of rotatable bonds is 4. The van der Waals surface area contributed by atoms with Gasteiger partial charge in [-0.2, -0.15) is 13.2 Å². The lowest BCUT2D eigenvalue weighted by molar-refractivity contribution is -0.137. The minimum absolute atomic E-state index is 0.263. The molecule has 0 saturated heterocycles. The van der Waals surface area contributed by atoms with Crippen molar-refractivity contribution >= 4 is 32.5 Å². The van der Waals surface area contributed by atoms with Crippen molar-refractivity contribution in [3.63, 3.8) is 0 Å². The number of fused-ring (bicyclic) bond motifs is 2. The number of benzene rings is 3. The maximum Gasteiger partial charge on any atom is 0.416 e. The van der Waals surface area contributed by atoms with Crippen molar-refractivity contribution in [3.8, 4) is 17.1 Å². The van der Waals surface area contributed by atoms with E-state index in [1.807, 2.05) is 29.6 Å². The number of hydrogen-bond donors (Lipinski definition) is 0. The number of aromatic nitrogens is 2. The molecule has 0 atom stereocenters. The number of para-hydroxylation sites is 3. The highest BCUT2D eigenvalue weighted by molar-refractivity contribution is 7.17. The summed E-state index contributed by atoms with van der Waals surface area (Å²) in [4.78, 5) is 4.96. The van der Waals surface area contributed by atoms with Gasteiger partial charge in [-0.25, -0.2) is 4.98 Å². The second-order valence-corrected chi connectivity index (χ2v) is 10.1. The number of halogens is 3. The molecule has 34 heavy (non-hydrogen) atoms. The molecular formula is C28H25F3N2S. The van der Waals surface area contributed by atoms with Crippen molar-refractivity contribution in [3.05, 3.63) is 82.7 Å². The predicted octanol–water partition coefficient (Wildman–Crippen LogP) is 9.17. The molecule has 0 amide bonds. The maximum atomic E-state index is 13.5. The second-order valence-electron chi connectivity index (χ2n) is 9.21. The summed E-state index contributed by atoms with van der Waals surface area (Å²) in [6.45, 7) is 8.66. The molecule has 0 aliphatic rings. The Balaban J connectivity index is 1.90. The summed E-state index contributed by atoms with van der Waals surface area (Å²) >= 11 is 1.44. The van der Waals surface area contributed by atoms with Crippen molar-refractivity contribution in [2.24, 2.45) is 0 Å². The van der Waals surface area contributed by atoms with Gasteiger partial charge in [-0.1, -0.05) is 58.0 Å². The largest absolute Gasteiger partial charge is 0.416 e. The number of thiophene rings is 1. The van der Waals surface area contributed by atoms with Gasteiger partial charge in [0, 0.05) is 21.0 Å². The van der Waals surface area contributed by atoms with Crippen LogP contribution in [0.25, 0.3) is 38.2 Å². The summed E-state index contributed by atoms with van der Waals surface area (Å²) in [5.41, 5.74) is 5.28. The summed E-state index contributed by atoms with van der Waals surface area (Å²) in [7, 11) is 0. The summed E-state index contributed by atoms with van der Waals surface area (Å²) in [6, 6.07) is 18.2. The smallest absolute Gasteiger partial charge is 0.292 e. The van der Waals surface area contributed by atoms with Crippen LogP contribution < -0.4 is 0 Å². The van der Waals surface area contributed by atoms with E-state index in [1.54, 1.807) is 6.07 Å². The quantitative estimate of drug-likeness (QED) is 0.252. The molecule has 0 aliphatic carbocycles. The van der Waals surface area contributed by atoms with Gasteiger partial charge in [0.25, 0.3) is 0 Å². The van der Waals surface area contributed by atoms with E-state index in [1.165, 1.54) is 28.5 Å². The lowest BCUT2D eigenvalue weighted by Crippen LogP contribution is -2.08. The number of hydrogen-bond acceptors (Lipinski definition) is 2. The van der Waals surface area contributed by atoms with E-state index in [4.69, 9.17) is 4.98 Å². The Hall–Kier alpha value is -3.12. The fourth-order valence-corrected chi connectivity index (χ4v) is 5.50. The van der Waals surface area contributed by atoms with Crippen LogP contribution in [-0.4, -0.2) is 9.55 Å². The van der Waals surface area contributed by atoms with E-state index < -0.39 is 11.7 Å². The van der Waals surface area contributed by atoms with Crippen LogP contribution in [0.5, 0.6) is 0 Å². The number of imidazole rings is 1. The molecule has 2 heterocycles. The van der Waals surface area contributed by atoms with Gasteiger partial charge in [-0.3, -0.25) is 4.57 Å². The van der Waals surface area contributed by atoms with Gasteiger partial charge in [-0.05, 0) is 53.3 Å². The van der Waals surface area contributed by atoms with E-state index in [2.05, 4.69) is 50.5 Å². The Kier molecular flexibility index (Phi) is 5.52. The Morgan fingerprint density at radius 3 is 2.18 bits per heavy atom. The van der Waals surface area contributed by atoms with Crippen molar-refractivity contribution in [2.75, 3.05) is 0 Å². The van der Waals surface area contributed by atoms with Crippen LogP contribution in [0.1, 0.15) is 56.2 Å². The first-order valence-corrected chi connectivity index (χ1v) is 12.2. The first kappa shape index (κ1) is 22.7. The lowest BCUT2D eigenvalue weighted by atomic mass is 9.92. The van der Waals surface area contributed by atoms with Crippen LogP contribution in [0, 0.1) is 0 Å². The minimum Gasteiger partial charge on any atom is -0.292 e. The first-order chi connectivity index (χ1) is 16.2. The van der Waals surface area contributed by atoms with Gasteiger partial charge in [0.15, 0.2) is 0 Å². The fraction of sp³-hybridized carbons (Fsp3) is 0.250. The van der Waals surface area contributed by atoms with Crippen molar-refractivity contribution in [1.29, 1.82) is 0 Å². The highest BCUT2D eigenvalue weighted by Crippen LogP contribution is 2.42. The lowest BCUT2D eigenvalue weighted by Gasteiger charge is -2.22. The Labute approximate surface area is 200 Å². The fourth-order valence-electron chi connectivity index (χ4n) is 4.58. The standard InChI is InChI=1S/C28H25F3N2S/c1-16(2)19-8-7-9-20(17(3)4)26(19)33-24-11-6-5-10-23(24)32-27(33)22-15-34-25-13-12-18(14-21(22)25)28(29,30)31/h5-17H,1-4H3. The molecule has 0 spiro atoms. The second kappa shape index (κ2) is 8.27. The van der Waals surface area contributed by atoms with Crippen molar-refractivity contribution in [2.45, 2.75) is 45.7 Å². The predicted molar refractivity (Wildman–Crippen MR) is 135 cm³/mol. The Morgan fingerprint density at radius 2 is 1.53 bits per heavy atom. The molecule has 0 bridgehead atoms. The Morgan fingerprint density at radius 1 is 0.853 bits per heavy atom. The third-order valence-corrected chi connectivity index (χ3v) is 7.23. The van der Waals surface area contributed by atoms with Gasteiger partial charge >= 0.3 is 6.18 Å². The third-order valence-electron chi connectivity index (χ3n) is 6.27. The molecule has 5 rings (SSSR count). The van der Waals surface area contributed by atoms with Crippen LogP contribution in [0.3, 0.4) is 0 Å². The molecule has 3 aromatic carbocycles. The molecule has 0 radical (unpaired) electrons. The highest BCUT2D eigenvalue weighted by Gasteiger charge is 2.31. The molecule has 5 aromatic rings. The summed E-state index contributed by atoms with van der Waals surface area (Å²) in [5.74, 6) is 1.19. The van der Waals surface area contributed by atoms with E-state index in [9.17, 15) is 13.2 Å². The van der Waals surface area contributed by atoms with Gasteiger partial charge in [0.05, 0.1) is 22.3 Å². The average molecular weight is 479 g/mol. The topological polar surface area (TPSA) is 17.8 Å². The van der Waals surface area contributed by atoms with Crippen LogP contribution in [0.2, 0.25) is 0 Å². The van der Waals surface area contributed by atoms with E-state index >= 15 is 0 Å². The molecule has 0 saturated carbocycles. The zero-order valence-electron chi connectivity index (χ0n) is 19.4. The van der Waals surface area contributed by atoms with Crippen LogP contribution in [0.4, 0.5) is 13.2 Å². The third kappa shape index (κ3) is 3.70. The van der Waals surface area contributed by atoms with Gasteiger partial charge in [0.2, 0.25) is 0 Å². The normalized spacial score (nSPS) is 12.5. The molecule has 2 aromatic heterocycles. The van der Waals surface area contributed by atoms with Crippen LogP contribution >= 0.6 is 11.3 Å². The molecule has 174 valence electrons. The molecule has 0 aliphatic heterocycles. The zero-order chi connectivity index (χ0) is 24.2. The summed E-state index contributed by atoms with van der Waals surface area (Å²) < 4.78 is 43.6. The number of alkyl halides is 3.